The monoisotopic (exact) mass is 441 g/mol. The minimum atomic E-state index is -0.269. The van der Waals surface area contributed by atoms with Gasteiger partial charge in [0.15, 0.2) is 5.96 Å². The number of rotatable bonds is 8. The van der Waals surface area contributed by atoms with Gasteiger partial charge < -0.3 is 16.4 Å². The lowest BCUT2D eigenvalue weighted by molar-refractivity contribution is -0.119. The third-order valence-electron chi connectivity index (χ3n) is 5.50. The van der Waals surface area contributed by atoms with Crippen LogP contribution in [-0.2, 0) is 11.2 Å². The van der Waals surface area contributed by atoms with Crippen LogP contribution >= 0.6 is 23.2 Å². The highest BCUT2D eigenvalue weighted by Gasteiger charge is 2.22. The summed E-state index contributed by atoms with van der Waals surface area (Å²) in [4.78, 5) is 17.5. The number of nitrogens with two attached hydrogens (primary N) is 1. The van der Waals surface area contributed by atoms with Gasteiger partial charge in [0.05, 0.1) is 6.54 Å². The molecule has 4 N–H and O–H groups in total. The van der Waals surface area contributed by atoms with E-state index in [0.717, 1.165) is 50.4 Å². The van der Waals surface area contributed by atoms with Crippen LogP contribution in [0.3, 0.4) is 0 Å². The minimum absolute atomic E-state index is 0.269. The van der Waals surface area contributed by atoms with E-state index < -0.39 is 0 Å². The van der Waals surface area contributed by atoms with Crippen molar-refractivity contribution < 1.29 is 4.79 Å². The van der Waals surface area contributed by atoms with Gasteiger partial charge in [-0.05, 0) is 48.8 Å². The highest BCUT2D eigenvalue weighted by Crippen LogP contribution is 2.25. The number of hydrogen-bond acceptors (Lipinski definition) is 3. The van der Waals surface area contributed by atoms with Crippen molar-refractivity contribution in [3.8, 4) is 0 Å². The van der Waals surface area contributed by atoms with Crippen LogP contribution < -0.4 is 16.4 Å². The Kier molecular flexibility index (Phi) is 9.53. The number of halogens is 2. The van der Waals surface area contributed by atoms with Gasteiger partial charge >= 0.3 is 0 Å². The minimum Gasteiger partial charge on any atom is -0.369 e. The standard InChI is InChI=1S/C21H33Cl2N5O/c1-14(2)16(10-15-4-5-17(22)11-19(15)23)12-26-21(25-3)27-18-6-8-28(9-7-18)13-20(24)29/h4-5,11,14,16,18H,6-10,12-13H2,1-3H3,(H2,24,29)(H2,25,26,27). The second kappa shape index (κ2) is 11.6. The van der Waals surface area contributed by atoms with Crippen molar-refractivity contribution in [3.63, 3.8) is 0 Å². The van der Waals surface area contributed by atoms with E-state index in [2.05, 4.69) is 34.4 Å². The number of hydrogen-bond donors (Lipinski definition) is 3. The molecule has 1 aromatic carbocycles. The first-order chi connectivity index (χ1) is 13.8. The van der Waals surface area contributed by atoms with Crippen LogP contribution in [0.2, 0.25) is 10.0 Å². The first-order valence-electron chi connectivity index (χ1n) is 10.2. The maximum absolute atomic E-state index is 11.1. The zero-order valence-corrected chi connectivity index (χ0v) is 19.1. The van der Waals surface area contributed by atoms with Gasteiger partial charge in [0.25, 0.3) is 0 Å². The Labute approximate surface area is 184 Å². The number of aliphatic imine (C=N–C) groups is 1. The quantitative estimate of drug-likeness (QED) is 0.427. The molecule has 1 amide bonds. The third-order valence-corrected chi connectivity index (χ3v) is 6.09. The fraction of sp³-hybridized carbons (Fsp3) is 0.619. The summed E-state index contributed by atoms with van der Waals surface area (Å²) in [5.41, 5.74) is 6.40. The molecule has 29 heavy (non-hydrogen) atoms. The summed E-state index contributed by atoms with van der Waals surface area (Å²) in [6.07, 6.45) is 2.80. The van der Waals surface area contributed by atoms with E-state index in [0.29, 0.717) is 34.5 Å². The number of piperidine rings is 1. The summed E-state index contributed by atoms with van der Waals surface area (Å²) in [6, 6.07) is 6.04. The van der Waals surface area contributed by atoms with Crippen molar-refractivity contribution in [2.75, 3.05) is 33.2 Å². The Hall–Kier alpha value is -1.50. The zero-order valence-electron chi connectivity index (χ0n) is 17.5. The molecular weight excluding hydrogens is 409 g/mol. The maximum Gasteiger partial charge on any atom is 0.231 e. The molecule has 8 heteroatoms. The number of carbonyl (C=O) groups excluding carboxylic acids is 1. The van der Waals surface area contributed by atoms with Gasteiger partial charge in [-0.1, -0.05) is 43.1 Å². The van der Waals surface area contributed by atoms with Gasteiger partial charge in [0.1, 0.15) is 0 Å². The molecule has 0 aliphatic carbocycles. The van der Waals surface area contributed by atoms with Gasteiger partial charge in [-0.2, -0.15) is 0 Å². The highest BCUT2D eigenvalue weighted by atomic mass is 35.5. The Morgan fingerprint density at radius 3 is 2.55 bits per heavy atom. The Morgan fingerprint density at radius 2 is 2.00 bits per heavy atom. The lowest BCUT2D eigenvalue weighted by atomic mass is 9.89. The number of carbonyl (C=O) groups is 1. The molecule has 1 heterocycles. The summed E-state index contributed by atoms with van der Waals surface area (Å²) in [5, 5.41) is 8.36. The smallest absolute Gasteiger partial charge is 0.231 e. The number of nitrogens with zero attached hydrogens (tertiary/aromatic N) is 2. The summed E-state index contributed by atoms with van der Waals surface area (Å²) < 4.78 is 0. The predicted molar refractivity (Wildman–Crippen MR) is 122 cm³/mol. The van der Waals surface area contributed by atoms with Gasteiger partial charge in [-0.25, -0.2) is 0 Å². The molecule has 1 saturated heterocycles. The van der Waals surface area contributed by atoms with Crippen LogP contribution in [0.4, 0.5) is 0 Å². The number of nitrogens with one attached hydrogen (secondary N) is 2. The molecule has 0 bridgehead atoms. The van der Waals surface area contributed by atoms with Crippen LogP contribution in [0.5, 0.6) is 0 Å². The van der Waals surface area contributed by atoms with Crippen molar-refractivity contribution in [2.45, 2.75) is 39.2 Å². The summed E-state index contributed by atoms with van der Waals surface area (Å²) in [7, 11) is 1.79. The predicted octanol–water partition coefficient (Wildman–Crippen LogP) is 2.92. The summed E-state index contributed by atoms with van der Waals surface area (Å²) >= 11 is 12.4. The van der Waals surface area contributed by atoms with E-state index in [9.17, 15) is 4.79 Å². The molecule has 1 aliphatic heterocycles. The first kappa shape index (κ1) is 23.8. The van der Waals surface area contributed by atoms with Crippen LogP contribution in [0.1, 0.15) is 32.3 Å². The molecule has 1 aromatic rings. The number of guanidine groups is 1. The third kappa shape index (κ3) is 8.03. The van der Waals surface area contributed by atoms with Gasteiger partial charge in [0.2, 0.25) is 5.91 Å². The molecule has 1 fully saturated rings. The normalized spacial score (nSPS) is 17.4. The second-order valence-electron chi connectivity index (χ2n) is 8.06. The number of amides is 1. The molecule has 0 aromatic heterocycles. The first-order valence-corrected chi connectivity index (χ1v) is 11.0. The SMILES string of the molecule is CN=C(NCC(Cc1ccc(Cl)cc1Cl)C(C)C)NC1CCN(CC(N)=O)CC1. The lowest BCUT2D eigenvalue weighted by Gasteiger charge is -2.32. The molecule has 0 saturated carbocycles. The molecule has 1 atom stereocenters. The molecule has 0 radical (unpaired) electrons. The Bertz CT molecular complexity index is 702. The molecule has 6 nitrogen and oxygen atoms in total. The Morgan fingerprint density at radius 1 is 1.31 bits per heavy atom. The fourth-order valence-electron chi connectivity index (χ4n) is 3.58. The van der Waals surface area contributed by atoms with Gasteiger partial charge in [-0.15, -0.1) is 0 Å². The van der Waals surface area contributed by atoms with Crippen LogP contribution in [0.25, 0.3) is 0 Å². The Balaban J connectivity index is 1.85. The van der Waals surface area contributed by atoms with Crippen molar-refractivity contribution in [2.24, 2.45) is 22.6 Å². The van der Waals surface area contributed by atoms with Gasteiger partial charge in [-0.3, -0.25) is 14.7 Å². The summed E-state index contributed by atoms with van der Waals surface area (Å²) in [5.74, 6) is 1.44. The zero-order chi connectivity index (χ0) is 21.4. The van der Waals surface area contributed by atoms with E-state index in [1.54, 1.807) is 13.1 Å². The van der Waals surface area contributed by atoms with Crippen LogP contribution in [0, 0.1) is 11.8 Å². The number of benzene rings is 1. The van der Waals surface area contributed by atoms with E-state index in [-0.39, 0.29) is 5.91 Å². The highest BCUT2D eigenvalue weighted by molar-refractivity contribution is 6.35. The van der Waals surface area contributed by atoms with Crippen LogP contribution in [0.15, 0.2) is 23.2 Å². The average Bonchev–Trinajstić information content (AvgIpc) is 2.66. The molecule has 162 valence electrons. The van der Waals surface area contributed by atoms with Crippen molar-refractivity contribution in [3.05, 3.63) is 33.8 Å². The topological polar surface area (TPSA) is 82.8 Å². The summed E-state index contributed by atoms with van der Waals surface area (Å²) in [6.45, 7) is 7.31. The largest absolute Gasteiger partial charge is 0.369 e. The number of primary amides is 1. The average molecular weight is 442 g/mol. The molecule has 1 unspecified atom stereocenters. The van der Waals surface area contributed by atoms with Crippen molar-refractivity contribution in [1.29, 1.82) is 0 Å². The van der Waals surface area contributed by atoms with E-state index in [1.807, 2.05) is 12.1 Å². The molecule has 0 spiro atoms. The van der Waals surface area contributed by atoms with Crippen molar-refractivity contribution >= 4 is 35.1 Å². The van der Waals surface area contributed by atoms with E-state index in [1.165, 1.54) is 0 Å². The van der Waals surface area contributed by atoms with Crippen molar-refractivity contribution in [1.82, 2.24) is 15.5 Å². The second-order valence-corrected chi connectivity index (χ2v) is 8.90. The van der Waals surface area contributed by atoms with E-state index in [4.69, 9.17) is 28.9 Å². The maximum atomic E-state index is 11.1. The molecule has 1 aliphatic rings. The molecule has 2 rings (SSSR count). The fourth-order valence-corrected chi connectivity index (χ4v) is 4.07. The molecular formula is C21H33Cl2N5O. The van der Waals surface area contributed by atoms with Gasteiger partial charge in [0, 0.05) is 42.8 Å². The number of likely N-dealkylation sites (tertiary alicyclic amines) is 1. The lowest BCUT2D eigenvalue weighted by Crippen LogP contribution is -2.50. The van der Waals surface area contributed by atoms with E-state index >= 15 is 0 Å². The van der Waals surface area contributed by atoms with Crippen LogP contribution in [-0.4, -0.2) is 56.0 Å².